The van der Waals surface area contributed by atoms with E-state index in [4.69, 9.17) is 10.2 Å². The maximum Gasteiger partial charge on any atom is 0.335 e. The predicted octanol–water partition coefficient (Wildman–Crippen LogP) is 2.39. The van der Waals surface area contributed by atoms with E-state index in [9.17, 15) is 9.59 Å². The third kappa shape index (κ3) is 6.86. The summed E-state index contributed by atoms with van der Waals surface area (Å²) in [4.78, 5) is 20.7. The van der Waals surface area contributed by atoms with E-state index in [1.54, 1.807) is 0 Å². The van der Waals surface area contributed by atoms with Crippen molar-refractivity contribution in [1.82, 2.24) is 11.5 Å². The highest BCUT2D eigenvalue weighted by atomic mass is 16.4. The molecule has 0 amide bonds. The number of hydrogen-bond donors (Lipinski definition) is 4. The van der Waals surface area contributed by atoms with Gasteiger partial charge in [-0.05, 0) is 50.2 Å². The Kier molecular flexibility index (Phi) is 8.98. The molecule has 1 aliphatic heterocycles. The van der Waals surface area contributed by atoms with E-state index in [2.05, 4.69) is 5.32 Å². The van der Waals surface area contributed by atoms with Gasteiger partial charge in [-0.25, -0.2) is 9.59 Å². The lowest BCUT2D eigenvalue weighted by atomic mass is 10.1. The van der Waals surface area contributed by atoms with Crippen molar-refractivity contribution >= 4 is 11.9 Å². The van der Waals surface area contributed by atoms with Crippen LogP contribution in [0.3, 0.4) is 0 Å². The number of nitrogens with one attached hydrogen (secondary N) is 1. The van der Waals surface area contributed by atoms with Crippen LogP contribution in [-0.4, -0.2) is 35.2 Å². The molecule has 0 aromatic heterocycles. The van der Waals surface area contributed by atoms with E-state index >= 15 is 0 Å². The molecule has 1 aromatic carbocycles. The number of carboxylic acids is 2. The quantitative estimate of drug-likeness (QED) is 0.660. The first-order valence-corrected chi connectivity index (χ1v) is 6.38. The second-order valence-electron chi connectivity index (χ2n) is 4.35. The second-order valence-corrected chi connectivity index (χ2v) is 4.35. The van der Waals surface area contributed by atoms with Gasteiger partial charge in [0, 0.05) is 0 Å². The third-order valence-corrected chi connectivity index (χ3v) is 2.84. The summed E-state index contributed by atoms with van der Waals surface area (Å²) in [6, 6.07) is 5.02. The van der Waals surface area contributed by atoms with Gasteiger partial charge in [-0.2, -0.15) is 0 Å². The molecule has 0 unspecified atom stereocenters. The van der Waals surface area contributed by atoms with E-state index in [0.717, 1.165) is 0 Å². The highest BCUT2D eigenvalue weighted by Crippen LogP contribution is 2.03. The summed E-state index contributed by atoms with van der Waals surface area (Å²) in [5.74, 6) is -2.13. The normalized spacial score (nSPS) is 14.0. The fraction of sp³-hybridized carbons (Fsp3) is 0.429. The van der Waals surface area contributed by atoms with Gasteiger partial charge < -0.3 is 21.7 Å². The van der Waals surface area contributed by atoms with Crippen molar-refractivity contribution in [3.63, 3.8) is 0 Å². The highest BCUT2D eigenvalue weighted by Gasteiger charge is 2.04. The molecule has 1 heterocycles. The zero-order valence-electron chi connectivity index (χ0n) is 11.5. The molecule has 2 rings (SSSR count). The Labute approximate surface area is 118 Å². The number of rotatable bonds is 2. The first kappa shape index (κ1) is 18.1. The lowest BCUT2D eigenvalue weighted by Crippen LogP contribution is -2.12. The highest BCUT2D eigenvalue weighted by molar-refractivity contribution is 5.91. The number of carbonyl (C=O) groups is 2. The summed E-state index contributed by atoms with van der Waals surface area (Å²) in [5, 5.41) is 20.3. The SMILES string of the molecule is C1CCCNCC1.N.O=C(O)c1ccc(C(=O)O)cc1. The van der Waals surface area contributed by atoms with Crippen molar-refractivity contribution in [1.29, 1.82) is 0 Å². The van der Waals surface area contributed by atoms with Crippen LogP contribution < -0.4 is 11.5 Å². The lowest BCUT2D eigenvalue weighted by molar-refractivity contribution is 0.0681. The lowest BCUT2D eigenvalue weighted by Gasteiger charge is -1.94. The molecule has 0 atom stereocenters. The summed E-state index contributed by atoms with van der Waals surface area (Å²) < 4.78 is 0. The molecule has 112 valence electrons. The van der Waals surface area contributed by atoms with Gasteiger partial charge in [0.1, 0.15) is 0 Å². The van der Waals surface area contributed by atoms with Crippen LogP contribution >= 0.6 is 0 Å². The van der Waals surface area contributed by atoms with Crippen LogP contribution in [0.1, 0.15) is 46.4 Å². The molecule has 6 heteroatoms. The van der Waals surface area contributed by atoms with Crippen LogP contribution in [0.4, 0.5) is 0 Å². The minimum absolute atomic E-state index is 0. The topological polar surface area (TPSA) is 122 Å². The Morgan fingerprint density at radius 2 is 1.15 bits per heavy atom. The molecule has 0 aliphatic carbocycles. The monoisotopic (exact) mass is 282 g/mol. The van der Waals surface area contributed by atoms with E-state index < -0.39 is 11.9 Å². The molecule has 0 radical (unpaired) electrons. The minimum Gasteiger partial charge on any atom is -0.478 e. The van der Waals surface area contributed by atoms with Crippen LogP contribution in [0.25, 0.3) is 0 Å². The van der Waals surface area contributed by atoms with Crippen LogP contribution in [-0.2, 0) is 0 Å². The van der Waals surface area contributed by atoms with Gasteiger partial charge in [-0.3, -0.25) is 0 Å². The van der Waals surface area contributed by atoms with Crippen LogP contribution in [0.15, 0.2) is 24.3 Å². The molecule has 0 bridgehead atoms. The van der Waals surface area contributed by atoms with Crippen molar-refractivity contribution in [2.24, 2.45) is 0 Å². The number of aromatic carboxylic acids is 2. The molecule has 1 aromatic rings. The molecular formula is C14H22N2O4. The zero-order chi connectivity index (χ0) is 14.1. The molecule has 1 fully saturated rings. The molecule has 20 heavy (non-hydrogen) atoms. The van der Waals surface area contributed by atoms with Crippen LogP contribution in [0.2, 0.25) is 0 Å². The average molecular weight is 282 g/mol. The smallest absolute Gasteiger partial charge is 0.335 e. The summed E-state index contributed by atoms with van der Waals surface area (Å²) >= 11 is 0. The van der Waals surface area contributed by atoms with Crippen molar-refractivity contribution < 1.29 is 19.8 Å². The van der Waals surface area contributed by atoms with Gasteiger partial charge in [0.2, 0.25) is 0 Å². The zero-order valence-corrected chi connectivity index (χ0v) is 11.5. The Morgan fingerprint density at radius 1 is 0.800 bits per heavy atom. The Hall–Kier alpha value is -1.92. The van der Waals surface area contributed by atoms with Crippen molar-refractivity contribution in [2.75, 3.05) is 13.1 Å². The van der Waals surface area contributed by atoms with Gasteiger partial charge in [0.05, 0.1) is 11.1 Å². The standard InChI is InChI=1S/C8H6O4.C6H13N.H3N/c9-7(10)5-1-2-6(4-3-5)8(11)12;1-2-4-6-7-5-3-1;/h1-4H,(H,9,10)(H,11,12);7H,1-6H2;1H3. The molecule has 0 saturated carbocycles. The van der Waals surface area contributed by atoms with Crippen molar-refractivity contribution in [2.45, 2.75) is 25.7 Å². The third-order valence-electron chi connectivity index (χ3n) is 2.84. The predicted molar refractivity (Wildman–Crippen MR) is 76.7 cm³/mol. The van der Waals surface area contributed by atoms with Gasteiger partial charge in [0.25, 0.3) is 0 Å². The summed E-state index contributed by atoms with van der Waals surface area (Å²) in [6.45, 7) is 2.50. The largest absolute Gasteiger partial charge is 0.478 e. The van der Waals surface area contributed by atoms with Crippen molar-refractivity contribution in [3.05, 3.63) is 35.4 Å². The molecule has 1 aliphatic rings. The second kappa shape index (κ2) is 9.94. The van der Waals surface area contributed by atoms with E-state index in [1.807, 2.05) is 0 Å². The van der Waals surface area contributed by atoms with E-state index in [0.29, 0.717) is 0 Å². The number of carboxylic acid groups (broad SMARTS) is 2. The summed E-state index contributed by atoms with van der Waals surface area (Å²) in [5.41, 5.74) is 0.167. The molecule has 6 nitrogen and oxygen atoms in total. The van der Waals surface area contributed by atoms with Gasteiger partial charge in [-0.1, -0.05) is 12.8 Å². The maximum atomic E-state index is 10.3. The van der Waals surface area contributed by atoms with Crippen molar-refractivity contribution in [3.8, 4) is 0 Å². The minimum atomic E-state index is -1.06. The maximum absolute atomic E-state index is 10.3. The van der Waals surface area contributed by atoms with Gasteiger partial charge in [0.15, 0.2) is 0 Å². The summed E-state index contributed by atoms with van der Waals surface area (Å²) in [6.07, 6.45) is 5.65. The van der Waals surface area contributed by atoms with Gasteiger partial charge in [-0.15, -0.1) is 0 Å². The van der Waals surface area contributed by atoms with E-state index in [-0.39, 0.29) is 17.3 Å². The Bertz CT molecular complexity index is 365. The summed E-state index contributed by atoms with van der Waals surface area (Å²) in [7, 11) is 0. The molecule has 1 saturated heterocycles. The Balaban J connectivity index is 0.000000387. The fourth-order valence-corrected chi connectivity index (χ4v) is 1.73. The molecular weight excluding hydrogens is 260 g/mol. The molecule has 0 spiro atoms. The fourth-order valence-electron chi connectivity index (χ4n) is 1.73. The number of hydrogen-bond acceptors (Lipinski definition) is 4. The first-order valence-electron chi connectivity index (χ1n) is 6.38. The van der Waals surface area contributed by atoms with E-state index in [1.165, 1.54) is 63.0 Å². The van der Waals surface area contributed by atoms with Crippen LogP contribution in [0, 0.1) is 0 Å². The van der Waals surface area contributed by atoms with Crippen LogP contribution in [0.5, 0.6) is 0 Å². The number of benzene rings is 1. The molecule has 6 N–H and O–H groups in total. The first-order chi connectivity index (χ1) is 9.11. The van der Waals surface area contributed by atoms with Gasteiger partial charge >= 0.3 is 11.9 Å². The Morgan fingerprint density at radius 3 is 1.45 bits per heavy atom. The average Bonchev–Trinajstić information content (AvgIpc) is 2.71.